The molecule has 3 heterocycles. The number of nitrogens with zero attached hydrogens (tertiary/aromatic N) is 3. The van der Waals surface area contributed by atoms with Crippen LogP contribution >= 0.6 is 11.8 Å². The zero-order valence-electron chi connectivity index (χ0n) is 16.5. The minimum atomic E-state index is -3.05. The molecule has 29 heavy (non-hydrogen) atoms. The number of aryl methyl sites for hydroxylation is 1. The van der Waals surface area contributed by atoms with Crippen LogP contribution in [0.5, 0.6) is 0 Å². The zero-order valence-corrected chi connectivity index (χ0v) is 18.1. The molecule has 4 rings (SSSR count). The normalized spacial score (nSPS) is 26.4. The number of aliphatic imine (C=N–C) groups is 1. The summed E-state index contributed by atoms with van der Waals surface area (Å²) in [5.41, 5.74) is 2.76. The monoisotopic (exact) mass is 430 g/mol. The van der Waals surface area contributed by atoms with Gasteiger partial charge in [0.1, 0.15) is 5.84 Å². The molecule has 0 aliphatic carbocycles. The number of hydrogen-bond acceptors (Lipinski definition) is 6. The number of amidine groups is 1. The summed E-state index contributed by atoms with van der Waals surface area (Å²) in [6.45, 7) is 5.77. The number of aromatic nitrogens is 2. The lowest BCUT2D eigenvalue weighted by Gasteiger charge is -2.24. The van der Waals surface area contributed by atoms with Gasteiger partial charge in [-0.05, 0) is 57.2 Å². The fourth-order valence-electron chi connectivity index (χ4n) is 3.83. The first-order valence-corrected chi connectivity index (χ1v) is 11.9. The quantitative estimate of drug-likeness (QED) is 0.804. The second kappa shape index (κ2) is 7.14. The number of carbonyl (C=O) groups excluding carboxylic acids is 1. The van der Waals surface area contributed by atoms with Gasteiger partial charge in [0, 0.05) is 11.3 Å². The van der Waals surface area contributed by atoms with Gasteiger partial charge in [-0.25, -0.2) is 13.4 Å². The summed E-state index contributed by atoms with van der Waals surface area (Å²) in [4.78, 5) is 17.3. The molecule has 1 unspecified atom stereocenters. The van der Waals surface area contributed by atoms with Crippen LogP contribution in [-0.4, -0.2) is 40.8 Å². The van der Waals surface area contributed by atoms with E-state index in [4.69, 9.17) is 0 Å². The molecule has 0 bridgehead atoms. The predicted molar refractivity (Wildman–Crippen MR) is 116 cm³/mol. The molecule has 1 N–H and O–H groups in total. The van der Waals surface area contributed by atoms with Gasteiger partial charge < -0.3 is 5.32 Å². The highest BCUT2D eigenvalue weighted by Gasteiger charge is 2.41. The highest BCUT2D eigenvalue weighted by atomic mass is 32.2. The van der Waals surface area contributed by atoms with Crippen LogP contribution in [0.1, 0.15) is 30.3 Å². The minimum absolute atomic E-state index is 0.0908. The van der Waals surface area contributed by atoms with E-state index in [9.17, 15) is 13.2 Å². The molecule has 0 spiro atoms. The summed E-state index contributed by atoms with van der Waals surface area (Å²) in [5, 5.41) is 7.27. The Hall–Kier alpha value is -2.39. The standard InChI is InChI=1S/C20H22N4O3S2/c1-13-16(14(2)24(23-13)20(3)9-10-29(26,27)12-20)11-17-18(22-19(25)28-17)21-15-7-5-4-6-8-15/h4-8,11H,9-10,12H2,1-3H3,(H,21,22,25)/b17-11-. The maximum Gasteiger partial charge on any atom is 0.289 e. The summed E-state index contributed by atoms with van der Waals surface area (Å²) in [6.07, 6.45) is 2.45. The number of benzene rings is 1. The van der Waals surface area contributed by atoms with Crippen LogP contribution in [-0.2, 0) is 15.4 Å². The van der Waals surface area contributed by atoms with Gasteiger partial charge in [0.25, 0.3) is 5.24 Å². The summed E-state index contributed by atoms with van der Waals surface area (Å²) in [5.74, 6) is 0.779. The van der Waals surface area contributed by atoms with Crippen LogP contribution in [0.2, 0.25) is 0 Å². The summed E-state index contributed by atoms with van der Waals surface area (Å²) in [6, 6.07) is 9.43. The second-order valence-electron chi connectivity index (χ2n) is 7.65. The lowest BCUT2D eigenvalue weighted by atomic mass is 10.0. The Bertz CT molecular complexity index is 1150. The lowest BCUT2D eigenvalue weighted by molar-refractivity contribution is 0.265. The van der Waals surface area contributed by atoms with E-state index >= 15 is 0 Å². The first kappa shape index (κ1) is 19.9. The first-order chi connectivity index (χ1) is 13.7. The maximum atomic E-state index is 12.0. The Labute approximate surface area is 174 Å². The van der Waals surface area contributed by atoms with Crippen molar-refractivity contribution < 1.29 is 13.2 Å². The Kier molecular flexibility index (Phi) is 4.90. The summed E-state index contributed by atoms with van der Waals surface area (Å²) >= 11 is 1.09. The molecule has 0 saturated carbocycles. The summed E-state index contributed by atoms with van der Waals surface area (Å²) in [7, 11) is -3.05. The third-order valence-corrected chi connectivity index (χ3v) is 7.98. The maximum absolute atomic E-state index is 12.0. The third kappa shape index (κ3) is 3.89. The van der Waals surface area contributed by atoms with Crippen molar-refractivity contribution in [2.75, 3.05) is 11.5 Å². The van der Waals surface area contributed by atoms with Gasteiger partial charge in [0.2, 0.25) is 0 Å². The van der Waals surface area contributed by atoms with Crippen molar-refractivity contribution in [2.24, 2.45) is 4.99 Å². The number of hydrogen-bond donors (Lipinski definition) is 1. The van der Waals surface area contributed by atoms with Crippen LogP contribution in [0, 0.1) is 13.8 Å². The lowest BCUT2D eigenvalue weighted by Crippen LogP contribution is -2.33. The average molecular weight is 431 g/mol. The van der Waals surface area contributed by atoms with Crippen molar-refractivity contribution in [3.8, 4) is 0 Å². The van der Waals surface area contributed by atoms with Crippen LogP contribution in [0.15, 0.2) is 40.2 Å². The number of nitrogens with one attached hydrogen (secondary N) is 1. The van der Waals surface area contributed by atoms with Crippen molar-refractivity contribution in [2.45, 2.75) is 32.7 Å². The predicted octanol–water partition coefficient (Wildman–Crippen LogP) is 3.56. The molecule has 7 nitrogen and oxygen atoms in total. The van der Waals surface area contributed by atoms with E-state index in [1.54, 1.807) is 0 Å². The minimum Gasteiger partial charge on any atom is -0.300 e. The van der Waals surface area contributed by atoms with Crippen molar-refractivity contribution >= 4 is 44.4 Å². The molecule has 1 atom stereocenters. The summed E-state index contributed by atoms with van der Waals surface area (Å²) < 4.78 is 25.9. The van der Waals surface area contributed by atoms with Gasteiger partial charge in [-0.3, -0.25) is 9.48 Å². The molecule has 1 aromatic carbocycles. The van der Waals surface area contributed by atoms with Gasteiger partial charge in [0.15, 0.2) is 9.84 Å². The van der Waals surface area contributed by atoms with Crippen LogP contribution < -0.4 is 5.32 Å². The fourth-order valence-corrected chi connectivity index (χ4v) is 6.65. The molecule has 1 amide bonds. The van der Waals surface area contributed by atoms with Crippen LogP contribution in [0.3, 0.4) is 0 Å². The van der Waals surface area contributed by atoms with Crippen LogP contribution in [0.25, 0.3) is 6.08 Å². The number of amides is 1. The molecule has 0 radical (unpaired) electrons. The molecule has 2 saturated heterocycles. The number of carbonyl (C=O) groups is 1. The number of sulfone groups is 1. The Balaban J connectivity index is 1.74. The first-order valence-electron chi connectivity index (χ1n) is 9.29. The number of thioether (sulfide) groups is 1. The van der Waals surface area contributed by atoms with Gasteiger partial charge >= 0.3 is 0 Å². The molecule has 9 heteroatoms. The van der Waals surface area contributed by atoms with Gasteiger partial charge in [-0.2, -0.15) is 5.10 Å². The van der Waals surface area contributed by atoms with Crippen molar-refractivity contribution in [3.63, 3.8) is 0 Å². The van der Waals surface area contributed by atoms with Crippen molar-refractivity contribution in [1.29, 1.82) is 0 Å². The molecule has 2 aromatic rings. The van der Waals surface area contributed by atoms with E-state index in [0.717, 1.165) is 34.4 Å². The number of para-hydroxylation sites is 1. The highest BCUT2D eigenvalue weighted by Crippen LogP contribution is 2.35. The topological polar surface area (TPSA) is 93.4 Å². The van der Waals surface area contributed by atoms with E-state index in [0.29, 0.717) is 17.2 Å². The van der Waals surface area contributed by atoms with Crippen LogP contribution in [0.4, 0.5) is 10.5 Å². The van der Waals surface area contributed by atoms with E-state index < -0.39 is 15.4 Å². The SMILES string of the molecule is Cc1nn(C2(C)CCS(=O)(=O)C2)c(C)c1/C=C1\SC(=O)NC1=Nc1ccccc1. The second-order valence-corrected chi connectivity index (χ2v) is 10.9. The Morgan fingerprint density at radius 3 is 2.66 bits per heavy atom. The number of rotatable bonds is 3. The van der Waals surface area contributed by atoms with Gasteiger partial charge in [-0.15, -0.1) is 0 Å². The molecule has 152 valence electrons. The van der Waals surface area contributed by atoms with E-state index in [2.05, 4.69) is 15.4 Å². The smallest absolute Gasteiger partial charge is 0.289 e. The molecule has 2 aliphatic heterocycles. The highest BCUT2D eigenvalue weighted by molar-refractivity contribution is 8.18. The molecule has 1 aromatic heterocycles. The van der Waals surface area contributed by atoms with Gasteiger partial charge in [-0.1, -0.05) is 18.2 Å². The van der Waals surface area contributed by atoms with Crippen molar-refractivity contribution in [3.05, 3.63) is 52.2 Å². The largest absolute Gasteiger partial charge is 0.300 e. The van der Waals surface area contributed by atoms with Gasteiger partial charge in [0.05, 0.1) is 33.3 Å². The third-order valence-electron chi connectivity index (χ3n) is 5.27. The molecule has 2 fully saturated rings. The molecular weight excluding hydrogens is 408 g/mol. The van der Waals surface area contributed by atoms with E-state index in [1.165, 1.54) is 0 Å². The Morgan fingerprint density at radius 1 is 1.28 bits per heavy atom. The molecular formula is C20H22N4O3S2. The zero-order chi connectivity index (χ0) is 20.8. The fraction of sp³-hybridized carbons (Fsp3) is 0.350. The van der Waals surface area contributed by atoms with E-state index in [-0.39, 0.29) is 16.7 Å². The van der Waals surface area contributed by atoms with Crippen molar-refractivity contribution in [1.82, 2.24) is 15.1 Å². The average Bonchev–Trinajstić information content (AvgIpc) is 3.25. The molecule has 2 aliphatic rings. The Morgan fingerprint density at radius 2 is 2.00 bits per heavy atom. The van der Waals surface area contributed by atoms with E-state index in [1.807, 2.05) is 61.9 Å².